The normalized spacial score (nSPS) is 16.0. The molecule has 1 fully saturated rings. The molecule has 0 spiro atoms. The van der Waals surface area contributed by atoms with E-state index in [4.69, 9.17) is 5.11 Å². The number of hydrogen-bond donors (Lipinski definition) is 1. The second kappa shape index (κ2) is 7.07. The fourth-order valence-electron chi connectivity index (χ4n) is 3.02. The first-order valence-electron chi connectivity index (χ1n) is 7.76. The lowest BCUT2D eigenvalue weighted by Crippen LogP contribution is -2.38. The number of hydrogen-bond acceptors (Lipinski definition) is 3. The fourth-order valence-corrected chi connectivity index (χ4v) is 3.65. The van der Waals surface area contributed by atoms with Crippen LogP contribution in [0.4, 0.5) is 0 Å². The van der Waals surface area contributed by atoms with E-state index in [0.717, 1.165) is 43.5 Å². The summed E-state index contributed by atoms with van der Waals surface area (Å²) in [6.07, 6.45) is 3.20. The van der Waals surface area contributed by atoms with Gasteiger partial charge in [0.25, 0.3) is 5.91 Å². The molecule has 1 aliphatic heterocycles. The Morgan fingerprint density at radius 1 is 1.14 bits per heavy atom. The average Bonchev–Trinajstić information content (AvgIpc) is 3.10. The van der Waals surface area contributed by atoms with Crippen LogP contribution in [-0.4, -0.2) is 29.0 Å². The minimum absolute atomic E-state index is 0.101. The zero-order valence-corrected chi connectivity index (χ0v) is 13.4. The number of benzene rings is 1. The Morgan fingerprint density at radius 2 is 1.82 bits per heavy atom. The lowest BCUT2D eigenvalue weighted by atomic mass is 9.90. The van der Waals surface area contributed by atoms with Gasteiger partial charge in [-0.3, -0.25) is 4.79 Å². The summed E-state index contributed by atoms with van der Waals surface area (Å²) in [6, 6.07) is 10.1. The average molecular weight is 315 g/mol. The monoisotopic (exact) mass is 315 g/mol. The van der Waals surface area contributed by atoms with Gasteiger partial charge in [0, 0.05) is 18.5 Å². The Labute approximate surface area is 135 Å². The highest BCUT2D eigenvalue weighted by Crippen LogP contribution is 2.23. The summed E-state index contributed by atoms with van der Waals surface area (Å²) in [7, 11) is 0. The van der Waals surface area contributed by atoms with E-state index in [-0.39, 0.29) is 12.5 Å². The van der Waals surface area contributed by atoms with Crippen molar-refractivity contribution in [3.8, 4) is 0 Å². The van der Waals surface area contributed by atoms with Crippen molar-refractivity contribution in [3.63, 3.8) is 0 Å². The van der Waals surface area contributed by atoms with Crippen molar-refractivity contribution in [1.82, 2.24) is 4.90 Å². The van der Waals surface area contributed by atoms with Gasteiger partial charge in [-0.15, -0.1) is 0 Å². The third kappa shape index (κ3) is 3.57. The molecule has 116 valence electrons. The van der Waals surface area contributed by atoms with Crippen molar-refractivity contribution in [2.24, 2.45) is 5.92 Å². The maximum Gasteiger partial charge on any atom is 0.254 e. The van der Waals surface area contributed by atoms with Gasteiger partial charge >= 0.3 is 0 Å². The van der Waals surface area contributed by atoms with Gasteiger partial charge in [-0.25, -0.2) is 0 Å². The zero-order chi connectivity index (χ0) is 15.4. The van der Waals surface area contributed by atoms with Crippen molar-refractivity contribution < 1.29 is 9.90 Å². The maximum absolute atomic E-state index is 12.3. The first-order chi connectivity index (χ1) is 10.8. The highest BCUT2D eigenvalue weighted by molar-refractivity contribution is 7.08. The highest BCUT2D eigenvalue weighted by atomic mass is 32.1. The second-order valence-corrected chi connectivity index (χ2v) is 6.71. The molecule has 0 radical (unpaired) electrons. The van der Waals surface area contributed by atoms with Gasteiger partial charge in [0.05, 0.1) is 12.2 Å². The number of aliphatic hydroxyl groups is 1. The molecule has 1 N–H and O–H groups in total. The molecule has 4 heteroatoms. The van der Waals surface area contributed by atoms with Crippen LogP contribution in [-0.2, 0) is 13.0 Å². The molecule has 0 atom stereocenters. The zero-order valence-electron chi connectivity index (χ0n) is 12.6. The molecule has 3 nitrogen and oxygen atoms in total. The van der Waals surface area contributed by atoms with Crippen molar-refractivity contribution in [2.75, 3.05) is 13.1 Å². The molecule has 1 aromatic heterocycles. The molecule has 1 amide bonds. The van der Waals surface area contributed by atoms with Crippen LogP contribution >= 0.6 is 11.3 Å². The molecule has 0 aliphatic carbocycles. The molecule has 0 bridgehead atoms. The van der Waals surface area contributed by atoms with E-state index in [1.54, 1.807) is 11.3 Å². The highest BCUT2D eigenvalue weighted by Gasteiger charge is 2.23. The smallest absolute Gasteiger partial charge is 0.254 e. The molecule has 1 aromatic carbocycles. The largest absolute Gasteiger partial charge is 0.392 e. The van der Waals surface area contributed by atoms with E-state index in [2.05, 4.69) is 12.1 Å². The summed E-state index contributed by atoms with van der Waals surface area (Å²) in [5.74, 6) is 0.818. The van der Waals surface area contributed by atoms with Gasteiger partial charge < -0.3 is 10.0 Å². The van der Waals surface area contributed by atoms with Crippen LogP contribution in [0, 0.1) is 5.92 Å². The standard InChI is InChI=1S/C18H21NO2S/c20-12-16-3-1-14(2-4-16)11-15-5-8-19(9-6-15)18(21)17-7-10-22-13-17/h1-4,7,10,13,15,20H,5-6,8-9,11-12H2. The summed E-state index contributed by atoms with van der Waals surface area (Å²) in [5.41, 5.74) is 3.10. The molecule has 0 saturated carbocycles. The van der Waals surface area contributed by atoms with E-state index in [1.165, 1.54) is 5.56 Å². The van der Waals surface area contributed by atoms with E-state index in [0.29, 0.717) is 5.92 Å². The summed E-state index contributed by atoms with van der Waals surface area (Å²) in [5, 5.41) is 13.0. The second-order valence-electron chi connectivity index (χ2n) is 5.93. The quantitative estimate of drug-likeness (QED) is 0.940. The Kier molecular flexibility index (Phi) is 4.90. The molecule has 22 heavy (non-hydrogen) atoms. The van der Waals surface area contributed by atoms with Crippen molar-refractivity contribution >= 4 is 17.2 Å². The molecular weight excluding hydrogens is 294 g/mol. The number of thiophene rings is 1. The number of carbonyl (C=O) groups is 1. The number of aliphatic hydroxyl groups excluding tert-OH is 1. The van der Waals surface area contributed by atoms with Crippen molar-refractivity contribution in [3.05, 3.63) is 57.8 Å². The van der Waals surface area contributed by atoms with Crippen LogP contribution in [0.1, 0.15) is 34.3 Å². The number of rotatable bonds is 4. The maximum atomic E-state index is 12.3. The minimum atomic E-state index is 0.101. The van der Waals surface area contributed by atoms with Crippen LogP contribution in [0.5, 0.6) is 0 Å². The van der Waals surface area contributed by atoms with E-state index in [1.807, 2.05) is 33.9 Å². The topological polar surface area (TPSA) is 40.5 Å². The molecule has 0 unspecified atom stereocenters. The van der Waals surface area contributed by atoms with E-state index >= 15 is 0 Å². The van der Waals surface area contributed by atoms with E-state index < -0.39 is 0 Å². The SMILES string of the molecule is O=C(c1ccsc1)N1CCC(Cc2ccc(CO)cc2)CC1. The number of carbonyl (C=O) groups excluding carboxylic acids is 1. The van der Waals surface area contributed by atoms with Crippen LogP contribution in [0.15, 0.2) is 41.1 Å². The van der Waals surface area contributed by atoms with Crippen LogP contribution < -0.4 is 0 Å². The molecule has 1 aliphatic rings. The molecule has 2 aromatic rings. The number of nitrogens with zero attached hydrogens (tertiary/aromatic N) is 1. The Balaban J connectivity index is 1.52. The summed E-state index contributed by atoms with van der Waals surface area (Å²) in [4.78, 5) is 14.3. The number of piperidine rings is 1. The van der Waals surface area contributed by atoms with Crippen LogP contribution in [0.3, 0.4) is 0 Å². The number of likely N-dealkylation sites (tertiary alicyclic amines) is 1. The van der Waals surface area contributed by atoms with Gasteiger partial charge in [0.15, 0.2) is 0 Å². The Hall–Kier alpha value is -1.65. The van der Waals surface area contributed by atoms with Crippen LogP contribution in [0.25, 0.3) is 0 Å². The van der Waals surface area contributed by atoms with E-state index in [9.17, 15) is 4.79 Å². The first kappa shape index (κ1) is 15.3. The van der Waals surface area contributed by atoms with Crippen molar-refractivity contribution in [1.29, 1.82) is 0 Å². The van der Waals surface area contributed by atoms with Crippen molar-refractivity contribution in [2.45, 2.75) is 25.9 Å². The van der Waals surface area contributed by atoms with Gasteiger partial charge in [0.1, 0.15) is 0 Å². The number of amides is 1. The molecule has 2 heterocycles. The third-order valence-corrected chi connectivity index (χ3v) is 5.08. The summed E-state index contributed by atoms with van der Waals surface area (Å²) < 4.78 is 0. The van der Waals surface area contributed by atoms with Gasteiger partial charge in [-0.2, -0.15) is 11.3 Å². The lowest BCUT2D eigenvalue weighted by Gasteiger charge is -2.32. The van der Waals surface area contributed by atoms with Gasteiger partial charge in [-0.1, -0.05) is 24.3 Å². The summed E-state index contributed by atoms with van der Waals surface area (Å²) in [6.45, 7) is 1.81. The Bertz CT molecular complexity index is 599. The van der Waals surface area contributed by atoms with Crippen LogP contribution in [0.2, 0.25) is 0 Å². The third-order valence-electron chi connectivity index (χ3n) is 4.40. The molecular formula is C18H21NO2S. The predicted molar refractivity (Wildman–Crippen MR) is 89.0 cm³/mol. The lowest BCUT2D eigenvalue weighted by molar-refractivity contribution is 0.0691. The molecule has 1 saturated heterocycles. The Morgan fingerprint density at radius 3 is 2.41 bits per heavy atom. The minimum Gasteiger partial charge on any atom is -0.392 e. The van der Waals surface area contributed by atoms with Gasteiger partial charge in [0.2, 0.25) is 0 Å². The molecule has 3 rings (SSSR count). The van der Waals surface area contributed by atoms with Gasteiger partial charge in [-0.05, 0) is 47.8 Å². The predicted octanol–water partition coefficient (Wildman–Crippen LogP) is 3.34. The first-order valence-corrected chi connectivity index (χ1v) is 8.70. The summed E-state index contributed by atoms with van der Waals surface area (Å²) >= 11 is 1.57. The fraction of sp³-hybridized carbons (Fsp3) is 0.389.